The average Bonchev–Trinajstić information content (AvgIpc) is 3.16. The maximum atomic E-state index is 12.6. The molecule has 0 radical (unpaired) electrons. The van der Waals surface area contributed by atoms with Crippen LogP contribution in [0.5, 0.6) is 5.75 Å². The number of fused-ring (bicyclic) bond motifs is 1. The molecule has 8 heteroatoms. The molecule has 0 fully saturated rings. The standard InChI is InChI=1S/C19H25N5O3/c1-22(2)19(26)13-5-6-17-16(9-13)24(4)15(12-27-17)10-18(25)23(3)11-14-7-8-20-21-14/h5-9,15H,10-12H2,1-4H3,(H,20,21)/t15-/m1/s1. The predicted octanol–water partition coefficient (Wildman–Crippen LogP) is 1.36. The van der Waals surface area contributed by atoms with Crippen molar-refractivity contribution in [1.29, 1.82) is 0 Å². The van der Waals surface area contributed by atoms with Crippen molar-refractivity contribution in [1.82, 2.24) is 20.0 Å². The van der Waals surface area contributed by atoms with E-state index in [-0.39, 0.29) is 17.9 Å². The van der Waals surface area contributed by atoms with Crippen LogP contribution in [0, 0.1) is 0 Å². The van der Waals surface area contributed by atoms with Gasteiger partial charge in [-0.3, -0.25) is 14.7 Å². The van der Waals surface area contributed by atoms with Crippen molar-refractivity contribution in [3.8, 4) is 5.75 Å². The van der Waals surface area contributed by atoms with Gasteiger partial charge in [0.1, 0.15) is 12.4 Å². The van der Waals surface area contributed by atoms with Gasteiger partial charge < -0.3 is 19.4 Å². The van der Waals surface area contributed by atoms with Gasteiger partial charge in [-0.2, -0.15) is 5.10 Å². The molecule has 3 rings (SSSR count). The first-order valence-corrected chi connectivity index (χ1v) is 8.80. The van der Waals surface area contributed by atoms with Crippen molar-refractivity contribution in [2.75, 3.05) is 39.7 Å². The highest BCUT2D eigenvalue weighted by atomic mass is 16.5. The van der Waals surface area contributed by atoms with Gasteiger partial charge in [0, 0.05) is 40.0 Å². The minimum Gasteiger partial charge on any atom is -0.489 e. The highest BCUT2D eigenvalue weighted by Gasteiger charge is 2.28. The van der Waals surface area contributed by atoms with Crippen molar-refractivity contribution >= 4 is 17.5 Å². The van der Waals surface area contributed by atoms with Gasteiger partial charge in [-0.1, -0.05) is 0 Å². The number of nitrogens with zero attached hydrogens (tertiary/aromatic N) is 4. The molecule has 0 bridgehead atoms. The number of nitrogens with one attached hydrogen (secondary N) is 1. The maximum absolute atomic E-state index is 12.6. The number of H-pyrrole nitrogens is 1. The highest BCUT2D eigenvalue weighted by molar-refractivity contribution is 5.95. The second-order valence-corrected chi connectivity index (χ2v) is 6.99. The van der Waals surface area contributed by atoms with Crippen LogP contribution >= 0.6 is 0 Å². The molecule has 2 heterocycles. The van der Waals surface area contributed by atoms with Gasteiger partial charge in [0.05, 0.1) is 30.4 Å². The Bertz CT molecular complexity index is 819. The van der Waals surface area contributed by atoms with Gasteiger partial charge >= 0.3 is 0 Å². The summed E-state index contributed by atoms with van der Waals surface area (Å²) in [5.74, 6) is 0.681. The number of hydrogen-bond acceptors (Lipinski definition) is 5. The molecule has 2 aromatic rings. The van der Waals surface area contributed by atoms with E-state index in [0.29, 0.717) is 25.1 Å². The molecule has 27 heavy (non-hydrogen) atoms. The van der Waals surface area contributed by atoms with Crippen LogP contribution in [0.15, 0.2) is 30.5 Å². The first kappa shape index (κ1) is 18.8. The Kier molecular flexibility index (Phi) is 5.34. The topological polar surface area (TPSA) is 81.8 Å². The molecule has 1 atom stereocenters. The van der Waals surface area contributed by atoms with E-state index in [2.05, 4.69) is 10.2 Å². The molecule has 1 aliphatic heterocycles. The molecule has 0 spiro atoms. The molecule has 0 unspecified atom stereocenters. The van der Waals surface area contributed by atoms with Gasteiger partial charge in [-0.15, -0.1) is 0 Å². The number of carbonyl (C=O) groups excluding carboxylic acids is 2. The number of aromatic nitrogens is 2. The lowest BCUT2D eigenvalue weighted by molar-refractivity contribution is -0.131. The average molecular weight is 371 g/mol. The number of rotatable bonds is 5. The van der Waals surface area contributed by atoms with Gasteiger partial charge in [-0.25, -0.2) is 0 Å². The first-order valence-electron chi connectivity index (χ1n) is 8.80. The van der Waals surface area contributed by atoms with E-state index in [0.717, 1.165) is 17.1 Å². The zero-order valence-electron chi connectivity index (χ0n) is 16.1. The highest BCUT2D eigenvalue weighted by Crippen LogP contribution is 2.34. The molecule has 1 N–H and O–H groups in total. The Labute approximate surface area is 158 Å². The number of ether oxygens (including phenoxy) is 1. The summed E-state index contributed by atoms with van der Waals surface area (Å²) in [5.41, 5.74) is 2.30. The van der Waals surface area contributed by atoms with Gasteiger partial charge in [0.25, 0.3) is 5.91 Å². The zero-order chi connectivity index (χ0) is 19.6. The van der Waals surface area contributed by atoms with Crippen molar-refractivity contribution in [2.45, 2.75) is 19.0 Å². The van der Waals surface area contributed by atoms with E-state index < -0.39 is 0 Å². The summed E-state index contributed by atoms with van der Waals surface area (Å²) < 4.78 is 5.83. The van der Waals surface area contributed by atoms with Crippen LogP contribution in [0.2, 0.25) is 0 Å². The summed E-state index contributed by atoms with van der Waals surface area (Å²) in [6.07, 6.45) is 1.99. The summed E-state index contributed by atoms with van der Waals surface area (Å²) in [4.78, 5) is 30.1. The summed E-state index contributed by atoms with van der Waals surface area (Å²) in [6, 6.07) is 7.14. The smallest absolute Gasteiger partial charge is 0.253 e. The Morgan fingerprint density at radius 2 is 2.07 bits per heavy atom. The van der Waals surface area contributed by atoms with E-state index in [9.17, 15) is 9.59 Å². The zero-order valence-corrected chi connectivity index (χ0v) is 16.1. The van der Waals surface area contributed by atoms with E-state index in [1.807, 2.05) is 30.1 Å². The van der Waals surface area contributed by atoms with Crippen molar-refractivity contribution in [2.24, 2.45) is 0 Å². The second-order valence-electron chi connectivity index (χ2n) is 6.99. The molecule has 1 aromatic carbocycles. The van der Waals surface area contributed by atoms with Gasteiger partial charge in [0.2, 0.25) is 5.91 Å². The number of aromatic amines is 1. The minimum absolute atomic E-state index is 0.0222. The largest absolute Gasteiger partial charge is 0.489 e. The fraction of sp³-hybridized carbons (Fsp3) is 0.421. The molecule has 2 amide bonds. The number of benzene rings is 1. The SMILES string of the molecule is CN(C)C(=O)c1ccc2c(c1)N(C)[C@H](CC(=O)N(C)Cc1ccn[nH]1)CO2. The van der Waals surface area contributed by atoms with Crippen LogP contribution in [-0.4, -0.2) is 72.7 Å². The third kappa shape index (κ3) is 4.05. The van der Waals surface area contributed by atoms with E-state index >= 15 is 0 Å². The Morgan fingerprint density at radius 3 is 2.74 bits per heavy atom. The number of hydrogen-bond donors (Lipinski definition) is 1. The Hall–Kier alpha value is -3.03. The molecule has 0 saturated heterocycles. The lowest BCUT2D eigenvalue weighted by Crippen LogP contribution is -2.44. The third-order valence-corrected chi connectivity index (χ3v) is 4.77. The molecule has 0 aliphatic carbocycles. The third-order valence-electron chi connectivity index (χ3n) is 4.77. The lowest BCUT2D eigenvalue weighted by atomic mass is 10.1. The van der Waals surface area contributed by atoms with Crippen LogP contribution in [0.3, 0.4) is 0 Å². The quantitative estimate of drug-likeness (QED) is 0.858. The van der Waals surface area contributed by atoms with E-state index in [1.165, 1.54) is 4.90 Å². The van der Waals surface area contributed by atoms with Crippen molar-refractivity contribution < 1.29 is 14.3 Å². The molecular formula is C19H25N5O3. The van der Waals surface area contributed by atoms with E-state index in [4.69, 9.17) is 4.74 Å². The predicted molar refractivity (Wildman–Crippen MR) is 102 cm³/mol. The van der Waals surface area contributed by atoms with Crippen LogP contribution in [0.4, 0.5) is 5.69 Å². The number of likely N-dealkylation sites (N-methyl/N-ethyl adjacent to an activating group) is 1. The first-order chi connectivity index (χ1) is 12.9. The summed E-state index contributed by atoms with van der Waals surface area (Å²) >= 11 is 0. The number of anilines is 1. The van der Waals surface area contributed by atoms with Crippen LogP contribution in [0.25, 0.3) is 0 Å². The second kappa shape index (κ2) is 7.69. The van der Waals surface area contributed by atoms with Crippen molar-refractivity contribution in [3.05, 3.63) is 41.7 Å². The fourth-order valence-electron chi connectivity index (χ4n) is 3.07. The summed E-state index contributed by atoms with van der Waals surface area (Å²) in [6.45, 7) is 0.905. The molecule has 1 aliphatic rings. The van der Waals surface area contributed by atoms with Crippen LogP contribution in [-0.2, 0) is 11.3 Å². The number of carbonyl (C=O) groups is 2. The van der Waals surface area contributed by atoms with Crippen molar-refractivity contribution in [3.63, 3.8) is 0 Å². The minimum atomic E-state index is -0.0982. The molecule has 1 aromatic heterocycles. The summed E-state index contributed by atoms with van der Waals surface area (Å²) in [7, 11) is 7.14. The van der Waals surface area contributed by atoms with Crippen LogP contribution in [0.1, 0.15) is 22.5 Å². The number of amides is 2. The van der Waals surface area contributed by atoms with E-state index in [1.54, 1.807) is 38.3 Å². The van der Waals surface area contributed by atoms with Gasteiger partial charge in [-0.05, 0) is 24.3 Å². The van der Waals surface area contributed by atoms with Gasteiger partial charge in [0.15, 0.2) is 0 Å². The fourth-order valence-corrected chi connectivity index (χ4v) is 3.07. The molecular weight excluding hydrogens is 346 g/mol. The summed E-state index contributed by atoms with van der Waals surface area (Å²) in [5, 5.41) is 6.76. The Morgan fingerprint density at radius 1 is 1.30 bits per heavy atom. The molecule has 0 saturated carbocycles. The molecule has 144 valence electrons. The Balaban J connectivity index is 1.70. The van der Waals surface area contributed by atoms with Crippen LogP contribution < -0.4 is 9.64 Å². The normalized spacial score (nSPS) is 15.7. The monoisotopic (exact) mass is 371 g/mol. The lowest BCUT2D eigenvalue weighted by Gasteiger charge is -2.36. The molecule has 8 nitrogen and oxygen atoms in total. The maximum Gasteiger partial charge on any atom is 0.253 e.